The van der Waals surface area contributed by atoms with Gasteiger partial charge in [-0.1, -0.05) is 0 Å². The lowest BCUT2D eigenvalue weighted by Gasteiger charge is -2.14. The van der Waals surface area contributed by atoms with E-state index < -0.39 is 0 Å². The number of aliphatic hydroxyl groups is 1. The van der Waals surface area contributed by atoms with Crippen molar-refractivity contribution in [1.29, 1.82) is 0 Å². The Labute approximate surface area is 107 Å². The SMILES string of the molecule is CCN1C=CN(C)C1.O=CO.OCc1ccoc1. The molecule has 18 heavy (non-hydrogen) atoms. The number of carboxylic acid groups (broad SMARTS) is 1. The fraction of sp³-hybridized carbons (Fsp3) is 0.417. The first kappa shape index (κ1) is 16.1. The highest BCUT2D eigenvalue weighted by Gasteiger charge is 2.03. The molecule has 0 amide bonds. The lowest BCUT2D eigenvalue weighted by molar-refractivity contribution is -0.122. The van der Waals surface area contributed by atoms with Crippen molar-refractivity contribution in [2.75, 3.05) is 20.3 Å². The zero-order chi connectivity index (χ0) is 13.8. The van der Waals surface area contributed by atoms with E-state index in [9.17, 15) is 0 Å². The molecule has 0 aromatic carbocycles. The topological polar surface area (TPSA) is 77.2 Å². The zero-order valence-electron chi connectivity index (χ0n) is 10.7. The molecule has 0 radical (unpaired) electrons. The largest absolute Gasteiger partial charge is 0.483 e. The Morgan fingerprint density at radius 3 is 2.39 bits per heavy atom. The molecule has 2 N–H and O–H groups in total. The van der Waals surface area contributed by atoms with Gasteiger partial charge in [-0.3, -0.25) is 4.79 Å². The Balaban J connectivity index is 0.000000267. The minimum atomic E-state index is -0.250. The van der Waals surface area contributed by atoms with Gasteiger partial charge in [0, 0.05) is 31.6 Å². The Morgan fingerprint density at radius 1 is 1.50 bits per heavy atom. The average molecular weight is 256 g/mol. The summed E-state index contributed by atoms with van der Waals surface area (Å²) in [5.41, 5.74) is 0.819. The van der Waals surface area contributed by atoms with Crippen LogP contribution in [-0.4, -0.2) is 46.7 Å². The summed E-state index contributed by atoms with van der Waals surface area (Å²) >= 11 is 0. The van der Waals surface area contributed by atoms with Crippen molar-refractivity contribution in [3.8, 4) is 0 Å². The minimum absolute atomic E-state index is 0.0660. The van der Waals surface area contributed by atoms with Crippen LogP contribution in [-0.2, 0) is 11.4 Å². The second-order valence-corrected chi connectivity index (χ2v) is 3.50. The Morgan fingerprint density at radius 2 is 2.17 bits per heavy atom. The first-order valence-electron chi connectivity index (χ1n) is 5.50. The number of aliphatic hydroxyl groups excluding tert-OH is 1. The number of hydrogen-bond acceptors (Lipinski definition) is 5. The molecule has 6 nitrogen and oxygen atoms in total. The fourth-order valence-corrected chi connectivity index (χ4v) is 1.18. The van der Waals surface area contributed by atoms with E-state index >= 15 is 0 Å². The molecule has 6 heteroatoms. The maximum Gasteiger partial charge on any atom is 0.290 e. The first-order valence-corrected chi connectivity index (χ1v) is 5.50. The van der Waals surface area contributed by atoms with Crippen LogP contribution in [0.25, 0.3) is 0 Å². The highest BCUT2D eigenvalue weighted by atomic mass is 16.3. The highest BCUT2D eigenvalue weighted by Crippen LogP contribution is 2.00. The Hall–Kier alpha value is -1.95. The summed E-state index contributed by atoms with van der Waals surface area (Å²) in [4.78, 5) is 12.8. The van der Waals surface area contributed by atoms with E-state index in [-0.39, 0.29) is 13.1 Å². The maximum atomic E-state index is 8.37. The van der Waals surface area contributed by atoms with Crippen molar-refractivity contribution in [3.63, 3.8) is 0 Å². The molecule has 1 aromatic rings. The van der Waals surface area contributed by atoms with E-state index in [0.717, 1.165) is 18.8 Å². The van der Waals surface area contributed by atoms with Crippen LogP contribution in [0.3, 0.4) is 0 Å². The average Bonchev–Trinajstić information content (AvgIpc) is 3.01. The van der Waals surface area contributed by atoms with Gasteiger partial charge >= 0.3 is 0 Å². The van der Waals surface area contributed by atoms with E-state index in [4.69, 9.17) is 15.0 Å². The molecule has 0 unspecified atom stereocenters. The van der Waals surface area contributed by atoms with Crippen LogP contribution >= 0.6 is 0 Å². The molecule has 0 bridgehead atoms. The monoisotopic (exact) mass is 256 g/mol. The summed E-state index contributed by atoms with van der Waals surface area (Å²) in [5.74, 6) is 0. The molecule has 0 saturated heterocycles. The van der Waals surface area contributed by atoms with Gasteiger partial charge < -0.3 is 24.4 Å². The van der Waals surface area contributed by atoms with Crippen molar-refractivity contribution >= 4 is 6.47 Å². The summed E-state index contributed by atoms with van der Waals surface area (Å²) in [6, 6.07) is 1.72. The standard InChI is InChI=1S/C6H12N2.C5H6O2.CH2O2/c1-3-8-5-4-7(2)6-8;6-3-5-1-2-7-4-5;2-1-3/h4-5H,3,6H2,1-2H3;1-2,4,6H,3H2;1H,(H,2,3). The summed E-state index contributed by atoms with van der Waals surface area (Å²) in [6.07, 6.45) is 7.25. The van der Waals surface area contributed by atoms with E-state index in [1.54, 1.807) is 6.07 Å². The van der Waals surface area contributed by atoms with Crippen LogP contribution in [0, 0.1) is 0 Å². The van der Waals surface area contributed by atoms with Crippen molar-refractivity contribution in [2.24, 2.45) is 0 Å². The van der Waals surface area contributed by atoms with Gasteiger partial charge in [-0.15, -0.1) is 0 Å². The van der Waals surface area contributed by atoms with Crippen LogP contribution < -0.4 is 0 Å². The summed E-state index contributed by atoms with van der Waals surface area (Å²) in [7, 11) is 2.08. The number of nitrogens with zero attached hydrogens (tertiary/aromatic N) is 2. The molecule has 0 fully saturated rings. The van der Waals surface area contributed by atoms with E-state index in [1.165, 1.54) is 12.5 Å². The Kier molecular flexibility index (Phi) is 9.11. The van der Waals surface area contributed by atoms with Crippen molar-refractivity contribution < 1.29 is 19.4 Å². The maximum absolute atomic E-state index is 8.37. The third-order valence-electron chi connectivity index (χ3n) is 2.11. The molecule has 0 atom stereocenters. The third-order valence-corrected chi connectivity index (χ3v) is 2.11. The van der Waals surface area contributed by atoms with Gasteiger partial charge in [-0.2, -0.15) is 0 Å². The summed E-state index contributed by atoms with van der Waals surface area (Å²) in [6.45, 7) is 4.14. The van der Waals surface area contributed by atoms with Gasteiger partial charge in [0.15, 0.2) is 0 Å². The van der Waals surface area contributed by atoms with Gasteiger partial charge in [0.2, 0.25) is 0 Å². The Bertz CT molecular complexity index is 325. The van der Waals surface area contributed by atoms with Crippen LogP contribution in [0.1, 0.15) is 12.5 Å². The molecular formula is C12H20N2O4. The van der Waals surface area contributed by atoms with Gasteiger partial charge in [0.05, 0.1) is 25.8 Å². The smallest absolute Gasteiger partial charge is 0.290 e. The lowest BCUT2D eigenvalue weighted by Crippen LogP contribution is -2.21. The van der Waals surface area contributed by atoms with Crippen LogP contribution in [0.5, 0.6) is 0 Å². The second kappa shape index (κ2) is 10.2. The normalized spacial score (nSPS) is 12.4. The highest BCUT2D eigenvalue weighted by molar-refractivity contribution is 5.32. The zero-order valence-corrected chi connectivity index (χ0v) is 10.7. The number of carbonyl (C=O) groups is 1. The molecule has 102 valence electrons. The number of hydrogen-bond donors (Lipinski definition) is 2. The molecule has 0 aliphatic carbocycles. The first-order chi connectivity index (χ1) is 8.67. The summed E-state index contributed by atoms with van der Waals surface area (Å²) < 4.78 is 4.65. The lowest BCUT2D eigenvalue weighted by atomic mass is 10.4. The predicted molar refractivity (Wildman–Crippen MR) is 67.5 cm³/mol. The second-order valence-electron chi connectivity index (χ2n) is 3.50. The quantitative estimate of drug-likeness (QED) is 0.773. The van der Waals surface area contributed by atoms with Crippen LogP contribution in [0.15, 0.2) is 35.4 Å². The van der Waals surface area contributed by atoms with Crippen molar-refractivity contribution in [3.05, 3.63) is 36.6 Å². The van der Waals surface area contributed by atoms with Gasteiger partial charge in [-0.05, 0) is 13.0 Å². The van der Waals surface area contributed by atoms with Crippen molar-refractivity contribution in [2.45, 2.75) is 13.5 Å². The molecule has 1 aliphatic rings. The van der Waals surface area contributed by atoms with E-state index in [1.807, 2.05) is 0 Å². The molecule has 0 spiro atoms. The van der Waals surface area contributed by atoms with Gasteiger partial charge in [-0.25, -0.2) is 0 Å². The molecular weight excluding hydrogens is 236 g/mol. The molecule has 1 aliphatic heterocycles. The molecule has 2 heterocycles. The molecule has 1 aromatic heterocycles. The molecule has 2 rings (SSSR count). The van der Waals surface area contributed by atoms with Crippen molar-refractivity contribution in [1.82, 2.24) is 9.80 Å². The fourth-order valence-electron chi connectivity index (χ4n) is 1.18. The third kappa shape index (κ3) is 7.34. The summed E-state index contributed by atoms with van der Waals surface area (Å²) in [5, 5.41) is 15.3. The minimum Gasteiger partial charge on any atom is -0.483 e. The van der Waals surface area contributed by atoms with Crippen LogP contribution in [0.4, 0.5) is 0 Å². The van der Waals surface area contributed by atoms with E-state index in [0.29, 0.717) is 0 Å². The van der Waals surface area contributed by atoms with Gasteiger partial charge in [0.25, 0.3) is 6.47 Å². The number of furan rings is 1. The van der Waals surface area contributed by atoms with Crippen LogP contribution in [0.2, 0.25) is 0 Å². The molecule has 0 saturated carbocycles. The number of rotatable bonds is 2. The van der Waals surface area contributed by atoms with Gasteiger partial charge in [0.1, 0.15) is 0 Å². The predicted octanol–water partition coefficient (Wildman–Crippen LogP) is 1.16. The van der Waals surface area contributed by atoms with E-state index in [2.05, 4.69) is 40.6 Å².